The summed E-state index contributed by atoms with van der Waals surface area (Å²) in [6, 6.07) is 14.9. The molecule has 0 spiro atoms. The fraction of sp³-hybridized carbons (Fsp3) is 0.238. The number of H-pyrrole nitrogens is 1. The van der Waals surface area contributed by atoms with Crippen LogP contribution in [0.3, 0.4) is 0 Å². The first-order valence-corrected chi connectivity index (χ1v) is 9.78. The Morgan fingerprint density at radius 1 is 1.19 bits per heavy atom. The van der Waals surface area contributed by atoms with E-state index in [4.69, 9.17) is 0 Å². The lowest BCUT2D eigenvalue weighted by Crippen LogP contribution is -2.29. The Hall–Kier alpha value is -2.66. The molecule has 0 amide bonds. The van der Waals surface area contributed by atoms with E-state index in [0.717, 1.165) is 41.9 Å². The molecule has 5 rings (SSSR count). The molecule has 0 radical (unpaired) electrons. The summed E-state index contributed by atoms with van der Waals surface area (Å²) in [4.78, 5) is 1.32. The van der Waals surface area contributed by atoms with E-state index in [9.17, 15) is 5.21 Å². The molecule has 1 unspecified atom stereocenters. The van der Waals surface area contributed by atoms with Crippen LogP contribution in [0.4, 0.5) is 0 Å². The van der Waals surface area contributed by atoms with Crippen LogP contribution in [0, 0.1) is 5.92 Å². The minimum atomic E-state index is -0.192. The van der Waals surface area contributed by atoms with Crippen LogP contribution in [0.15, 0.2) is 59.1 Å². The predicted molar refractivity (Wildman–Crippen MR) is 104 cm³/mol. The van der Waals surface area contributed by atoms with Gasteiger partial charge in [0.25, 0.3) is 0 Å². The van der Waals surface area contributed by atoms with Crippen molar-refractivity contribution in [2.45, 2.75) is 24.7 Å². The number of allylic oxidation sites excluding steroid dienone is 1. The molecule has 2 aromatic heterocycles. The Morgan fingerprint density at radius 2 is 2.04 bits per heavy atom. The van der Waals surface area contributed by atoms with Gasteiger partial charge in [-0.1, -0.05) is 53.7 Å². The maximum Gasteiger partial charge on any atom is 0.117 e. The van der Waals surface area contributed by atoms with Crippen molar-refractivity contribution >= 4 is 23.1 Å². The first kappa shape index (κ1) is 15.6. The van der Waals surface area contributed by atoms with Crippen molar-refractivity contribution in [1.29, 1.82) is 0 Å². The molecule has 0 aliphatic heterocycles. The largest absolute Gasteiger partial charge is 0.411 e. The topological polar surface area (TPSA) is 61.3 Å². The van der Waals surface area contributed by atoms with Crippen molar-refractivity contribution in [2.24, 2.45) is 11.1 Å². The Labute approximate surface area is 155 Å². The Balaban J connectivity index is 1.63. The molecule has 3 aromatic rings. The molecular weight excluding hydrogens is 342 g/mol. The Bertz CT molecular complexity index is 984. The normalized spacial score (nSPS) is 22.4. The van der Waals surface area contributed by atoms with Gasteiger partial charge in [0.05, 0.1) is 5.41 Å². The summed E-state index contributed by atoms with van der Waals surface area (Å²) in [5.41, 5.74) is 4.76. The lowest BCUT2D eigenvalue weighted by Gasteiger charge is -2.33. The number of rotatable bonds is 4. The van der Waals surface area contributed by atoms with Gasteiger partial charge in [-0.25, -0.2) is 0 Å². The number of nitrogens with one attached hydrogen (secondary N) is 1. The van der Waals surface area contributed by atoms with Crippen molar-refractivity contribution < 1.29 is 5.21 Å². The molecule has 2 heterocycles. The molecule has 1 saturated carbocycles. The summed E-state index contributed by atoms with van der Waals surface area (Å²) in [7, 11) is 0. The van der Waals surface area contributed by atoms with Gasteiger partial charge >= 0.3 is 0 Å². The Morgan fingerprint density at radius 3 is 2.73 bits per heavy atom. The summed E-state index contributed by atoms with van der Waals surface area (Å²) in [6.07, 6.45) is 7.41. The molecule has 1 fully saturated rings. The second-order valence-electron chi connectivity index (χ2n) is 7.05. The van der Waals surface area contributed by atoms with Gasteiger partial charge in [0.2, 0.25) is 0 Å². The minimum Gasteiger partial charge on any atom is -0.411 e. The van der Waals surface area contributed by atoms with Crippen LogP contribution in [-0.4, -0.2) is 21.1 Å². The van der Waals surface area contributed by atoms with Gasteiger partial charge in [-0.3, -0.25) is 5.10 Å². The number of hydrogen-bond donors (Lipinski definition) is 2. The number of fused-ring (bicyclic) bond motifs is 1. The maximum absolute atomic E-state index is 9.45. The zero-order chi connectivity index (χ0) is 17.6. The van der Waals surface area contributed by atoms with Crippen LogP contribution in [0.1, 0.15) is 40.2 Å². The molecule has 4 nitrogen and oxygen atoms in total. The van der Waals surface area contributed by atoms with Gasteiger partial charge in [-0.15, -0.1) is 11.3 Å². The highest BCUT2D eigenvalue weighted by Gasteiger charge is 2.39. The van der Waals surface area contributed by atoms with Gasteiger partial charge < -0.3 is 5.21 Å². The fourth-order valence-electron chi connectivity index (χ4n) is 3.92. The lowest BCUT2D eigenvalue weighted by molar-refractivity contribution is 0.317. The smallest absolute Gasteiger partial charge is 0.117 e. The number of aromatic amines is 1. The Kier molecular flexibility index (Phi) is 3.57. The highest BCUT2D eigenvalue weighted by Crippen LogP contribution is 2.44. The van der Waals surface area contributed by atoms with Gasteiger partial charge in [0.15, 0.2) is 0 Å². The van der Waals surface area contributed by atoms with Gasteiger partial charge in [0, 0.05) is 28.5 Å². The van der Waals surface area contributed by atoms with E-state index < -0.39 is 0 Å². The third kappa shape index (κ3) is 2.35. The standard InChI is InChI=1S/C21H19N3OS/c25-24-19(14-8-9-14)20-16-10-11-21(13-17(16)22-23-20,18-7-4-12-26-18)15-5-2-1-3-6-15/h1-7,10-12,14,25H,8-9,13H2,(H,22,23). The highest BCUT2D eigenvalue weighted by atomic mass is 32.1. The van der Waals surface area contributed by atoms with Crippen LogP contribution >= 0.6 is 11.3 Å². The average molecular weight is 361 g/mol. The predicted octanol–water partition coefficient (Wildman–Crippen LogP) is 4.62. The molecule has 26 heavy (non-hydrogen) atoms. The molecule has 1 atom stereocenters. The van der Waals surface area contributed by atoms with E-state index in [0.29, 0.717) is 5.92 Å². The van der Waals surface area contributed by atoms with E-state index in [1.165, 1.54) is 10.4 Å². The average Bonchev–Trinajstić information content (AvgIpc) is 3.20. The molecule has 2 N–H and O–H groups in total. The molecule has 2 aliphatic carbocycles. The molecule has 1 aromatic carbocycles. The van der Waals surface area contributed by atoms with E-state index in [-0.39, 0.29) is 5.41 Å². The van der Waals surface area contributed by atoms with E-state index in [1.807, 2.05) is 0 Å². The first-order valence-electron chi connectivity index (χ1n) is 8.90. The van der Waals surface area contributed by atoms with Crippen molar-refractivity contribution in [3.05, 3.63) is 81.3 Å². The highest BCUT2D eigenvalue weighted by molar-refractivity contribution is 7.10. The summed E-state index contributed by atoms with van der Waals surface area (Å²) >= 11 is 1.78. The van der Waals surface area contributed by atoms with Crippen LogP contribution in [0.5, 0.6) is 0 Å². The second kappa shape index (κ2) is 5.95. The third-order valence-electron chi connectivity index (χ3n) is 5.44. The second-order valence-corrected chi connectivity index (χ2v) is 8.00. The number of aromatic nitrogens is 2. The van der Waals surface area contributed by atoms with Crippen LogP contribution in [0.25, 0.3) is 6.08 Å². The molecule has 0 saturated heterocycles. The van der Waals surface area contributed by atoms with Crippen LogP contribution < -0.4 is 0 Å². The SMILES string of the molecule is ON=C(c1n[nH]c2c1C=CC(c1ccccc1)(c1cccs1)C2)C1CC1. The molecule has 0 bridgehead atoms. The quantitative estimate of drug-likeness (QED) is 0.405. The summed E-state index contributed by atoms with van der Waals surface area (Å²) in [6.45, 7) is 0. The number of benzene rings is 1. The lowest BCUT2D eigenvalue weighted by atomic mass is 9.72. The van der Waals surface area contributed by atoms with Gasteiger partial charge in [-0.05, 0) is 29.9 Å². The van der Waals surface area contributed by atoms with Crippen molar-refractivity contribution in [2.75, 3.05) is 0 Å². The summed E-state index contributed by atoms with van der Waals surface area (Å²) in [5.74, 6) is 0.346. The third-order valence-corrected chi connectivity index (χ3v) is 6.48. The van der Waals surface area contributed by atoms with Crippen molar-refractivity contribution in [3.8, 4) is 0 Å². The first-order chi connectivity index (χ1) is 12.8. The van der Waals surface area contributed by atoms with E-state index in [2.05, 4.69) is 75.3 Å². The zero-order valence-corrected chi connectivity index (χ0v) is 15.0. The number of hydrogen-bond acceptors (Lipinski definition) is 4. The van der Waals surface area contributed by atoms with Crippen LogP contribution in [0.2, 0.25) is 0 Å². The summed E-state index contributed by atoms with van der Waals surface area (Å²) in [5, 5.41) is 22.9. The number of oxime groups is 1. The molecule has 130 valence electrons. The van der Waals surface area contributed by atoms with Gasteiger partial charge in [-0.2, -0.15) is 5.10 Å². The zero-order valence-electron chi connectivity index (χ0n) is 14.2. The van der Waals surface area contributed by atoms with Crippen molar-refractivity contribution in [1.82, 2.24) is 10.2 Å². The monoisotopic (exact) mass is 361 g/mol. The summed E-state index contributed by atoms with van der Waals surface area (Å²) < 4.78 is 0. The molecule has 2 aliphatic rings. The molecular formula is C21H19N3OS. The molecule has 5 heteroatoms. The van der Waals surface area contributed by atoms with E-state index >= 15 is 0 Å². The number of thiophene rings is 1. The van der Waals surface area contributed by atoms with Crippen LogP contribution in [-0.2, 0) is 11.8 Å². The minimum absolute atomic E-state index is 0.192. The van der Waals surface area contributed by atoms with E-state index in [1.54, 1.807) is 11.3 Å². The fourth-order valence-corrected chi connectivity index (χ4v) is 4.85. The maximum atomic E-state index is 9.45. The number of nitrogens with zero attached hydrogens (tertiary/aromatic N) is 2. The van der Waals surface area contributed by atoms with Crippen molar-refractivity contribution in [3.63, 3.8) is 0 Å². The van der Waals surface area contributed by atoms with Gasteiger partial charge in [0.1, 0.15) is 11.4 Å².